The van der Waals surface area contributed by atoms with Gasteiger partial charge in [0.25, 0.3) is 5.91 Å². The summed E-state index contributed by atoms with van der Waals surface area (Å²) in [5, 5.41) is 3.58. The van der Waals surface area contributed by atoms with E-state index in [9.17, 15) is 4.79 Å². The molecule has 176 valence electrons. The first kappa shape index (κ1) is 22.5. The third-order valence-electron chi connectivity index (χ3n) is 6.22. The summed E-state index contributed by atoms with van der Waals surface area (Å²) in [5.74, 6) is 1.56. The Labute approximate surface area is 205 Å². The van der Waals surface area contributed by atoms with E-state index in [-0.39, 0.29) is 12.1 Å². The van der Waals surface area contributed by atoms with Crippen molar-refractivity contribution in [2.24, 2.45) is 0 Å². The number of hydrogen-bond donors (Lipinski definition) is 1. The minimum Gasteiger partial charge on any atom is -0.496 e. The molecule has 0 fully saturated rings. The van der Waals surface area contributed by atoms with Crippen LogP contribution in [0.4, 0.5) is 5.69 Å². The van der Waals surface area contributed by atoms with E-state index in [1.54, 1.807) is 7.11 Å². The Bertz CT molecular complexity index is 1340. The predicted octanol–water partition coefficient (Wildman–Crippen LogP) is 6.35. The van der Waals surface area contributed by atoms with Crippen molar-refractivity contribution in [1.82, 2.24) is 4.90 Å². The number of nitrogens with one attached hydrogen (secondary N) is 1. The molecule has 0 bridgehead atoms. The van der Waals surface area contributed by atoms with E-state index in [0.717, 1.165) is 39.4 Å². The molecule has 1 unspecified atom stereocenters. The highest BCUT2D eigenvalue weighted by atomic mass is 16.5. The Morgan fingerprint density at radius 1 is 0.886 bits per heavy atom. The first-order valence-corrected chi connectivity index (χ1v) is 11.7. The van der Waals surface area contributed by atoms with Gasteiger partial charge in [-0.3, -0.25) is 4.79 Å². The van der Waals surface area contributed by atoms with Crippen molar-refractivity contribution in [2.45, 2.75) is 26.2 Å². The number of carbonyl (C=O) groups is 1. The fraction of sp³-hybridized carbons (Fsp3) is 0.167. The molecule has 1 N–H and O–H groups in total. The molecule has 5 heteroatoms. The maximum Gasteiger partial charge on any atom is 0.258 e. The summed E-state index contributed by atoms with van der Waals surface area (Å²) in [6.07, 6.45) is -0.332. The Morgan fingerprint density at radius 2 is 1.69 bits per heavy atom. The van der Waals surface area contributed by atoms with Crippen LogP contribution in [0, 0.1) is 6.92 Å². The van der Waals surface area contributed by atoms with Crippen molar-refractivity contribution in [3.05, 3.63) is 125 Å². The maximum atomic E-state index is 13.6. The van der Waals surface area contributed by atoms with Crippen LogP contribution in [0.5, 0.6) is 11.5 Å². The zero-order valence-corrected chi connectivity index (χ0v) is 19.9. The number of benzene rings is 4. The summed E-state index contributed by atoms with van der Waals surface area (Å²) in [5.41, 5.74) is 5.61. The van der Waals surface area contributed by atoms with Gasteiger partial charge in [0.1, 0.15) is 24.3 Å². The van der Waals surface area contributed by atoms with Gasteiger partial charge >= 0.3 is 0 Å². The van der Waals surface area contributed by atoms with Crippen LogP contribution in [0.3, 0.4) is 0 Å². The molecule has 1 amide bonds. The van der Waals surface area contributed by atoms with Crippen LogP contribution in [-0.2, 0) is 13.2 Å². The average molecular weight is 465 g/mol. The number of anilines is 1. The lowest BCUT2D eigenvalue weighted by atomic mass is 10.0. The van der Waals surface area contributed by atoms with Crippen LogP contribution in [0.1, 0.15) is 38.8 Å². The molecule has 1 heterocycles. The maximum absolute atomic E-state index is 13.6. The van der Waals surface area contributed by atoms with Gasteiger partial charge in [-0.2, -0.15) is 0 Å². The average Bonchev–Trinajstić information content (AvgIpc) is 2.89. The normalized spacial score (nSPS) is 14.7. The van der Waals surface area contributed by atoms with E-state index < -0.39 is 0 Å². The summed E-state index contributed by atoms with van der Waals surface area (Å²) in [6.45, 7) is 2.89. The highest BCUT2D eigenvalue weighted by Crippen LogP contribution is 2.36. The highest BCUT2D eigenvalue weighted by molar-refractivity contribution is 6.01. The van der Waals surface area contributed by atoms with Gasteiger partial charge in [-0.1, -0.05) is 60.7 Å². The third-order valence-corrected chi connectivity index (χ3v) is 6.22. The molecule has 0 spiro atoms. The minimum absolute atomic E-state index is 0.00146. The Morgan fingerprint density at radius 3 is 2.49 bits per heavy atom. The molecule has 4 aromatic rings. The van der Waals surface area contributed by atoms with E-state index >= 15 is 0 Å². The summed E-state index contributed by atoms with van der Waals surface area (Å²) in [4.78, 5) is 15.5. The second-order valence-electron chi connectivity index (χ2n) is 8.69. The van der Waals surface area contributed by atoms with E-state index in [0.29, 0.717) is 18.7 Å². The zero-order chi connectivity index (χ0) is 24.2. The zero-order valence-electron chi connectivity index (χ0n) is 19.9. The summed E-state index contributed by atoms with van der Waals surface area (Å²) >= 11 is 0. The van der Waals surface area contributed by atoms with Crippen molar-refractivity contribution in [3.8, 4) is 11.5 Å². The van der Waals surface area contributed by atoms with Gasteiger partial charge < -0.3 is 19.7 Å². The van der Waals surface area contributed by atoms with E-state index in [1.807, 2.05) is 103 Å². The molecule has 4 aromatic carbocycles. The van der Waals surface area contributed by atoms with E-state index in [4.69, 9.17) is 9.47 Å². The number of ether oxygens (including phenoxy) is 2. The molecular formula is C30H28N2O3. The lowest BCUT2D eigenvalue weighted by Crippen LogP contribution is -2.42. The summed E-state index contributed by atoms with van der Waals surface area (Å²) in [6, 6.07) is 31.7. The number of methoxy groups -OCH3 is 1. The fourth-order valence-electron chi connectivity index (χ4n) is 4.45. The molecule has 5 nitrogen and oxygen atoms in total. The number of aryl methyl sites for hydroxylation is 1. The second kappa shape index (κ2) is 9.94. The molecule has 0 saturated heterocycles. The van der Waals surface area contributed by atoms with E-state index in [2.05, 4.69) is 11.4 Å². The first-order valence-electron chi connectivity index (χ1n) is 11.7. The number of nitrogens with zero attached hydrogens (tertiary/aromatic N) is 1. The monoisotopic (exact) mass is 464 g/mol. The molecule has 1 aliphatic heterocycles. The predicted molar refractivity (Wildman–Crippen MR) is 138 cm³/mol. The van der Waals surface area contributed by atoms with Gasteiger partial charge in [0.05, 0.1) is 12.7 Å². The molecule has 0 radical (unpaired) electrons. The van der Waals surface area contributed by atoms with Crippen LogP contribution in [-0.4, -0.2) is 17.9 Å². The number of amides is 1. The van der Waals surface area contributed by atoms with Crippen LogP contribution in [0.15, 0.2) is 97.1 Å². The molecule has 5 rings (SSSR count). The van der Waals surface area contributed by atoms with Crippen LogP contribution >= 0.6 is 0 Å². The molecule has 1 aliphatic rings. The Balaban J connectivity index is 1.49. The summed E-state index contributed by atoms with van der Waals surface area (Å²) < 4.78 is 11.7. The van der Waals surface area contributed by atoms with Crippen molar-refractivity contribution in [2.75, 3.05) is 12.4 Å². The van der Waals surface area contributed by atoms with Crippen LogP contribution in [0.2, 0.25) is 0 Å². The smallest absolute Gasteiger partial charge is 0.258 e. The number of carbonyl (C=O) groups excluding carboxylic acids is 1. The van der Waals surface area contributed by atoms with Gasteiger partial charge in [0.2, 0.25) is 0 Å². The minimum atomic E-state index is -0.332. The van der Waals surface area contributed by atoms with Crippen LogP contribution in [0.25, 0.3) is 0 Å². The second-order valence-corrected chi connectivity index (χ2v) is 8.69. The molecule has 0 aromatic heterocycles. The molecule has 1 atom stereocenters. The third kappa shape index (κ3) is 4.85. The summed E-state index contributed by atoms with van der Waals surface area (Å²) in [7, 11) is 1.66. The lowest BCUT2D eigenvalue weighted by molar-refractivity contribution is 0.0666. The Kier molecular flexibility index (Phi) is 6.40. The quantitative estimate of drug-likeness (QED) is 0.346. The van der Waals surface area contributed by atoms with Crippen molar-refractivity contribution in [3.63, 3.8) is 0 Å². The van der Waals surface area contributed by atoms with Gasteiger partial charge in [-0.25, -0.2) is 0 Å². The van der Waals surface area contributed by atoms with Gasteiger partial charge in [0, 0.05) is 17.8 Å². The molecule has 0 aliphatic carbocycles. The highest BCUT2D eigenvalue weighted by Gasteiger charge is 2.33. The molecule has 35 heavy (non-hydrogen) atoms. The topological polar surface area (TPSA) is 50.8 Å². The van der Waals surface area contributed by atoms with Gasteiger partial charge in [-0.15, -0.1) is 0 Å². The van der Waals surface area contributed by atoms with Gasteiger partial charge in [-0.05, 0) is 60.0 Å². The first-order chi connectivity index (χ1) is 17.1. The van der Waals surface area contributed by atoms with Crippen molar-refractivity contribution in [1.29, 1.82) is 0 Å². The fourth-order valence-corrected chi connectivity index (χ4v) is 4.45. The Hall–Kier alpha value is -4.25. The van der Waals surface area contributed by atoms with Crippen molar-refractivity contribution < 1.29 is 14.3 Å². The number of para-hydroxylation sites is 1. The molecular weight excluding hydrogens is 436 g/mol. The van der Waals surface area contributed by atoms with Crippen LogP contribution < -0.4 is 14.8 Å². The van der Waals surface area contributed by atoms with E-state index in [1.165, 1.54) is 0 Å². The number of rotatable bonds is 7. The SMILES string of the molecule is COc1ccc(C2Nc3ccccc3C(=O)N2Cc2ccccc2)cc1COc1cccc(C)c1. The van der Waals surface area contributed by atoms with Gasteiger partial charge in [0.15, 0.2) is 0 Å². The van der Waals surface area contributed by atoms with Crippen molar-refractivity contribution >= 4 is 11.6 Å². The lowest BCUT2D eigenvalue weighted by Gasteiger charge is -2.38. The molecule has 0 saturated carbocycles. The largest absolute Gasteiger partial charge is 0.496 e. The standard InChI is InChI=1S/C30H28N2O3/c1-21-9-8-12-25(17-21)35-20-24-18-23(15-16-28(24)34-2)29-31-27-14-7-6-13-26(27)30(33)32(29)19-22-10-4-3-5-11-22/h3-18,29,31H,19-20H2,1-2H3. The number of fused-ring (bicyclic) bond motifs is 1. The number of hydrogen-bond acceptors (Lipinski definition) is 4.